The second-order valence-corrected chi connectivity index (χ2v) is 5.44. The Morgan fingerprint density at radius 3 is 2.50 bits per heavy atom. The molecule has 9 heteroatoms. The van der Waals surface area contributed by atoms with Gasteiger partial charge in [0.1, 0.15) is 5.75 Å². The number of non-ortho nitro benzene ring substituents is 1. The van der Waals surface area contributed by atoms with E-state index in [2.05, 4.69) is 32.7 Å². The first-order valence-electron chi connectivity index (χ1n) is 6.28. The summed E-state index contributed by atoms with van der Waals surface area (Å²) in [5, 5.41) is 24.4. The van der Waals surface area contributed by atoms with Crippen LogP contribution in [-0.4, -0.2) is 41.1 Å². The summed E-state index contributed by atoms with van der Waals surface area (Å²) in [4.78, 5) is 12.6. The molecular formula is C13H18BrCl2N3O3. The SMILES string of the molecule is C=C[C@@H](c1cc([N+](=O)[O-])cc(Br)c1O)N1CCNCC1.Cl.Cl. The molecule has 22 heavy (non-hydrogen) atoms. The Balaban J connectivity index is 0.00000220. The molecule has 1 aromatic rings. The van der Waals surface area contributed by atoms with Crippen LogP contribution in [0.3, 0.4) is 0 Å². The minimum Gasteiger partial charge on any atom is -0.506 e. The topological polar surface area (TPSA) is 78.6 Å². The van der Waals surface area contributed by atoms with Gasteiger partial charge in [-0.2, -0.15) is 0 Å². The first-order valence-corrected chi connectivity index (χ1v) is 7.08. The van der Waals surface area contributed by atoms with Gasteiger partial charge in [0.2, 0.25) is 0 Å². The van der Waals surface area contributed by atoms with E-state index in [9.17, 15) is 15.2 Å². The van der Waals surface area contributed by atoms with Crippen LogP contribution >= 0.6 is 40.7 Å². The number of hydrogen-bond acceptors (Lipinski definition) is 5. The fourth-order valence-electron chi connectivity index (χ4n) is 2.37. The Labute approximate surface area is 149 Å². The van der Waals surface area contributed by atoms with Gasteiger partial charge < -0.3 is 10.4 Å². The lowest BCUT2D eigenvalue weighted by molar-refractivity contribution is -0.385. The summed E-state index contributed by atoms with van der Waals surface area (Å²) in [5.74, 6) is 0.0269. The van der Waals surface area contributed by atoms with Crippen LogP contribution in [0.4, 0.5) is 5.69 Å². The number of nitro groups is 1. The lowest BCUT2D eigenvalue weighted by Gasteiger charge is -2.33. The highest BCUT2D eigenvalue weighted by Gasteiger charge is 2.25. The molecule has 2 N–H and O–H groups in total. The third kappa shape index (κ3) is 4.57. The first kappa shape index (κ1) is 21.1. The van der Waals surface area contributed by atoms with Crippen molar-refractivity contribution in [3.8, 4) is 5.75 Å². The second kappa shape index (κ2) is 9.32. The van der Waals surface area contributed by atoms with Gasteiger partial charge in [0, 0.05) is 43.9 Å². The molecule has 0 radical (unpaired) electrons. The van der Waals surface area contributed by atoms with Crippen molar-refractivity contribution in [2.75, 3.05) is 26.2 Å². The van der Waals surface area contributed by atoms with E-state index >= 15 is 0 Å². The highest BCUT2D eigenvalue weighted by Crippen LogP contribution is 2.38. The van der Waals surface area contributed by atoms with Gasteiger partial charge in [-0.3, -0.25) is 15.0 Å². The molecule has 0 unspecified atom stereocenters. The van der Waals surface area contributed by atoms with Crippen molar-refractivity contribution in [3.05, 3.63) is 44.9 Å². The summed E-state index contributed by atoms with van der Waals surface area (Å²) in [6.45, 7) is 7.10. The lowest BCUT2D eigenvalue weighted by atomic mass is 10.0. The van der Waals surface area contributed by atoms with Crippen LogP contribution in [0.25, 0.3) is 0 Å². The van der Waals surface area contributed by atoms with Gasteiger partial charge >= 0.3 is 0 Å². The number of halogens is 3. The molecule has 1 aromatic carbocycles. The van der Waals surface area contributed by atoms with Crippen LogP contribution < -0.4 is 5.32 Å². The van der Waals surface area contributed by atoms with Crippen molar-refractivity contribution in [3.63, 3.8) is 0 Å². The molecule has 6 nitrogen and oxygen atoms in total. The smallest absolute Gasteiger partial charge is 0.271 e. The van der Waals surface area contributed by atoms with Gasteiger partial charge in [-0.15, -0.1) is 31.4 Å². The quantitative estimate of drug-likeness (QED) is 0.449. The van der Waals surface area contributed by atoms with Crippen molar-refractivity contribution in [2.45, 2.75) is 6.04 Å². The van der Waals surface area contributed by atoms with Gasteiger partial charge in [0.15, 0.2) is 0 Å². The van der Waals surface area contributed by atoms with E-state index in [4.69, 9.17) is 0 Å². The maximum atomic E-state index is 11.0. The zero-order valence-corrected chi connectivity index (χ0v) is 14.9. The van der Waals surface area contributed by atoms with Crippen LogP contribution in [0.15, 0.2) is 29.3 Å². The molecular weight excluding hydrogens is 397 g/mol. The molecule has 1 atom stereocenters. The number of hydrogen-bond donors (Lipinski definition) is 2. The van der Waals surface area contributed by atoms with Crippen molar-refractivity contribution >= 4 is 46.4 Å². The lowest BCUT2D eigenvalue weighted by Crippen LogP contribution is -2.44. The number of nitrogens with one attached hydrogen (secondary N) is 1. The molecule has 1 heterocycles. The largest absolute Gasteiger partial charge is 0.506 e. The monoisotopic (exact) mass is 413 g/mol. The number of phenols is 1. The maximum Gasteiger partial charge on any atom is 0.271 e. The first-order chi connectivity index (χ1) is 9.54. The van der Waals surface area contributed by atoms with Gasteiger partial charge in [-0.1, -0.05) is 6.08 Å². The standard InChI is InChI=1S/C13H16BrN3O3.2ClH/c1-2-12(16-5-3-15-4-6-16)10-7-9(17(19)20)8-11(14)13(10)18;;/h2,7-8,12,15,18H,1,3-6H2;2*1H/t12-;;/m0../s1. The molecule has 0 bridgehead atoms. The average Bonchev–Trinajstić information content (AvgIpc) is 2.45. The summed E-state index contributed by atoms with van der Waals surface area (Å²) in [5.41, 5.74) is 0.453. The molecule has 1 fully saturated rings. The molecule has 1 saturated heterocycles. The molecule has 0 aliphatic carbocycles. The zero-order valence-electron chi connectivity index (χ0n) is 11.7. The fraction of sp³-hybridized carbons (Fsp3) is 0.385. The van der Waals surface area contributed by atoms with Crippen LogP contribution in [-0.2, 0) is 0 Å². The predicted octanol–water partition coefficient (Wildman–Crippen LogP) is 3.04. The number of rotatable bonds is 4. The van der Waals surface area contributed by atoms with E-state index in [1.54, 1.807) is 6.08 Å². The number of piperazine rings is 1. The minimum atomic E-state index is -0.467. The van der Waals surface area contributed by atoms with E-state index in [1.807, 2.05) is 0 Å². The van der Waals surface area contributed by atoms with E-state index in [0.29, 0.717) is 10.0 Å². The van der Waals surface area contributed by atoms with Crippen molar-refractivity contribution < 1.29 is 10.0 Å². The van der Waals surface area contributed by atoms with E-state index in [-0.39, 0.29) is 42.3 Å². The summed E-state index contributed by atoms with van der Waals surface area (Å²) >= 11 is 3.17. The normalized spacial score (nSPS) is 16.0. The van der Waals surface area contributed by atoms with Gasteiger partial charge in [-0.05, 0) is 15.9 Å². The summed E-state index contributed by atoms with van der Waals surface area (Å²) in [6, 6.07) is 2.47. The highest BCUT2D eigenvalue weighted by molar-refractivity contribution is 9.10. The highest BCUT2D eigenvalue weighted by atomic mass is 79.9. The number of phenolic OH excluding ortho intramolecular Hbond substituents is 1. The Morgan fingerprint density at radius 1 is 1.41 bits per heavy atom. The molecule has 0 spiro atoms. The zero-order chi connectivity index (χ0) is 14.7. The Hall–Kier alpha value is -0.860. The summed E-state index contributed by atoms with van der Waals surface area (Å²) in [6.07, 6.45) is 1.70. The molecule has 124 valence electrons. The van der Waals surface area contributed by atoms with Gasteiger partial charge in [0.25, 0.3) is 5.69 Å². The van der Waals surface area contributed by atoms with Crippen molar-refractivity contribution in [2.24, 2.45) is 0 Å². The van der Waals surface area contributed by atoms with Crippen LogP contribution in [0.5, 0.6) is 5.75 Å². The predicted molar refractivity (Wildman–Crippen MR) is 94.3 cm³/mol. The second-order valence-electron chi connectivity index (χ2n) is 4.59. The van der Waals surface area contributed by atoms with Crippen LogP contribution in [0.1, 0.15) is 11.6 Å². The minimum absolute atomic E-state index is 0. The molecule has 1 aliphatic rings. The summed E-state index contributed by atoms with van der Waals surface area (Å²) < 4.78 is 0.323. The Kier molecular flexibility index (Phi) is 8.95. The Morgan fingerprint density at radius 2 is 2.00 bits per heavy atom. The summed E-state index contributed by atoms with van der Waals surface area (Å²) in [7, 11) is 0. The third-order valence-electron chi connectivity index (χ3n) is 3.38. The van der Waals surface area contributed by atoms with Crippen LogP contribution in [0, 0.1) is 10.1 Å². The number of aromatic hydroxyl groups is 1. The Bertz CT molecular complexity index is 540. The molecule has 2 rings (SSSR count). The molecule has 0 amide bonds. The van der Waals surface area contributed by atoms with Crippen LogP contribution in [0.2, 0.25) is 0 Å². The fourth-order valence-corrected chi connectivity index (χ4v) is 2.83. The van der Waals surface area contributed by atoms with E-state index in [1.165, 1.54) is 12.1 Å². The average molecular weight is 415 g/mol. The molecule has 0 saturated carbocycles. The van der Waals surface area contributed by atoms with Crippen molar-refractivity contribution in [1.82, 2.24) is 10.2 Å². The molecule has 1 aliphatic heterocycles. The van der Waals surface area contributed by atoms with Crippen molar-refractivity contribution in [1.29, 1.82) is 0 Å². The number of nitro benzene ring substituents is 1. The third-order valence-corrected chi connectivity index (χ3v) is 3.98. The van der Waals surface area contributed by atoms with Gasteiger partial charge in [0.05, 0.1) is 15.4 Å². The number of nitrogens with zero attached hydrogens (tertiary/aromatic N) is 2. The van der Waals surface area contributed by atoms with E-state index in [0.717, 1.165) is 26.2 Å². The van der Waals surface area contributed by atoms with Gasteiger partial charge in [-0.25, -0.2) is 0 Å². The maximum absolute atomic E-state index is 11.0. The number of benzene rings is 1. The molecule has 0 aromatic heterocycles. The van der Waals surface area contributed by atoms with E-state index < -0.39 is 4.92 Å².